The Morgan fingerprint density at radius 1 is 1.71 bits per heavy atom. The second-order valence-corrected chi connectivity index (χ2v) is 3.87. The van der Waals surface area contributed by atoms with E-state index in [-0.39, 0.29) is 0 Å². The fraction of sp³-hybridized carbons (Fsp3) is 0.700. The van der Waals surface area contributed by atoms with E-state index in [2.05, 4.69) is 10.3 Å². The van der Waals surface area contributed by atoms with Crippen molar-refractivity contribution >= 4 is 0 Å². The summed E-state index contributed by atoms with van der Waals surface area (Å²) >= 11 is 0. The molecule has 1 fully saturated rings. The van der Waals surface area contributed by atoms with E-state index >= 15 is 0 Å². The fourth-order valence-corrected chi connectivity index (χ4v) is 1.71. The summed E-state index contributed by atoms with van der Waals surface area (Å²) in [5, 5.41) is 3.33. The fourth-order valence-electron chi connectivity index (χ4n) is 1.71. The molecule has 4 nitrogen and oxygen atoms in total. The standard InChI is InChI=1S/C10H17N3O/c1-13-8-12-5-10(13)7-14-6-9-2-3-11-4-9/h5,8-9,11H,2-4,6-7H2,1H3. The van der Waals surface area contributed by atoms with Gasteiger partial charge in [-0.15, -0.1) is 0 Å². The van der Waals surface area contributed by atoms with Gasteiger partial charge in [-0.1, -0.05) is 0 Å². The largest absolute Gasteiger partial charge is 0.375 e. The van der Waals surface area contributed by atoms with Gasteiger partial charge in [-0.25, -0.2) is 4.98 Å². The lowest BCUT2D eigenvalue weighted by Gasteiger charge is -2.09. The molecule has 2 heterocycles. The lowest BCUT2D eigenvalue weighted by atomic mass is 10.1. The SMILES string of the molecule is Cn1cncc1COCC1CCNC1. The molecule has 1 aromatic rings. The second kappa shape index (κ2) is 4.57. The van der Waals surface area contributed by atoms with Crippen LogP contribution in [0.3, 0.4) is 0 Å². The van der Waals surface area contributed by atoms with Crippen LogP contribution in [0.2, 0.25) is 0 Å². The predicted molar refractivity (Wildman–Crippen MR) is 53.8 cm³/mol. The average Bonchev–Trinajstić information content (AvgIpc) is 2.78. The number of imidazole rings is 1. The average molecular weight is 195 g/mol. The van der Waals surface area contributed by atoms with Gasteiger partial charge in [0.1, 0.15) is 0 Å². The third-order valence-corrected chi connectivity index (χ3v) is 2.68. The van der Waals surface area contributed by atoms with Crippen molar-refractivity contribution in [3.05, 3.63) is 18.2 Å². The molecule has 0 saturated carbocycles. The number of ether oxygens (including phenoxy) is 1. The van der Waals surface area contributed by atoms with E-state index in [1.54, 1.807) is 6.33 Å². The Bertz CT molecular complexity index is 279. The summed E-state index contributed by atoms with van der Waals surface area (Å²) in [6.07, 6.45) is 4.90. The summed E-state index contributed by atoms with van der Waals surface area (Å²) < 4.78 is 7.63. The number of nitrogens with one attached hydrogen (secondary N) is 1. The molecular weight excluding hydrogens is 178 g/mol. The molecule has 1 N–H and O–H groups in total. The van der Waals surface area contributed by atoms with Crippen LogP contribution in [0.15, 0.2) is 12.5 Å². The highest BCUT2D eigenvalue weighted by atomic mass is 16.5. The Kier molecular flexibility index (Phi) is 3.16. The van der Waals surface area contributed by atoms with Crippen molar-refractivity contribution < 1.29 is 4.74 Å². The first-order chi connectivity index (χ1) is 6.86. The van der Waals surface area contributed by atoms with Crippen LogP contribution in [0.1, 0.15) is 12.1 Å². The van der Waals surface area contributed by atoms with Gasteiger partial charge in [0.25, 0.3) is 0 Å². The van der Waals surface area contributed by atoms with Crippen LogP contribution in [-0.4, -0.2) is 29.2 Å². The second-order valence-electron chi connectivity index (χ2n) is 3.87. The summed E-state index contributed by atoms with van der Waals surface area (Å²) in [6.45, 7) is 3.77. The van der Waals surface area contributed by atoms with E-state index in [9.17, 15) is 0 Å². The normalized spacial score (nSPS) is 21.6. The molecule has 0 bridgehead atoms. The molecule has 1 aliphatic heterocycles. The maximum absolute atomic E-state index is 5.64. The predicted octanol–water partition coefficient (Wildman–Crippen LogP) is 0.546. The molecule has 1 aromatic heterocycles. The van der Waals surface area contributed by atoms with Crippen molar-refractivity contribution in [2.45, 2.75) is 13.0 Å². The molecule has 1 unspecified atom stereocenters. The quantitative estimate of drug-likeness (QED) is 0.762. The van der Waals surface area contributed by atoms with Gasteiger partial charge in [0, 0.05) is 13.6 Å². The van der Waals surface area contributed by atoms with Crippen molar-refractivity contribution in [2.24, 2.45) is 13.0 Å². The summed E-state index contributed by atoms with van der Waals surface area (Å²) in [5.41, 5.74) is 1.14. The highest BCUT2D eigenvalue weighted by molar-refractivity contribution is 4.94. The minimum absolute atomic E-state index is 0.674. The van der Waals surface area contributed by atoms with Gasteiger partial charge in [0.05, 0.1) is 31.4 Å². The lowest BCUT2D eigenvalue weighted by Crippen LogP contribution is -2.14. The van der Waals surface area contributed by atoms with E-state index in [0.29, 0.717) is 12.5 Å². The molecule has 0 spiro atoms. The third kappa shape index (κ3) is 2.33. The molecule has 2 rings (SSSR count). The van der Waals surface area contributed by atoms with Crippen LogP contribution in [0.25, 0.3) is 0 Å². The highest BCUT2D eigenvalue weighted by Crippen LogP contribution is 2.09. The van der Waals surface area contributed by atoms with E-state index < -0.39 is 0 Å². The number of hydrogen-bond donors (Lipinski definition) is 1. The number of nitrogens with zero attached hydrogens (tertiary/aromatic N) is 2. The molecule has 0 amide bonds. The minimum Gasteiger partial charge on any atom is -0.375 e. The zero-order valence-electron chi connectivity index (χ0n) is 8.57. The summed E-state index contributed by atoms with van der Waals surface area (Å²) in [5.74, 6) is 0.697. The monoisotopic (exact) mass is 195 g/mol. The Morgan fingerprint density at radius 2 is 2.64 bits per heavy atom. The van der Waals surface area contributed by atoms with E-state index in [1.807, 2.05) is 17.8 Å². The van der Waals surface area contributed by atoms with Crippen LogP contribution in [0.4, 0.5) is 0 Å². The molecule has 1 saturated heterocycles. The molecule has 78 valence electrons. The van der Waals surface area contributed by atoms with E-state index in [0.717, 1.165) is 25.4 Å². The van der Waals surface area contributed by atoms with Crippen LogP contribution in [0, 0.1) is 5.92 Å². The molecule has 1 atom stereocenters. The van der Waals surface area contributed by atoms with Gasteiger partial charge < -0.3 is 14.6 Å². The smallest absolute Gasteiger partial charge is 0.0946 e. The molecular formula is C10H17N3O. The van der Waals surface area contributed by atoms with Gasteiger partial charge in [-0.2, -0.15) is 0 Å². The van der Waals surface area contributed by atoms with Crippen molar-refractivity contribution in [3.8, 4) is 0 Å². The van der Waals surface area contributed by atoms with Crippen LogP contribution >= 0.6 is 0 Å². The van der Waals surface area contributed by atoms with Crippen LogP contribution in [-0.2, 0) is 18.4 Å². The number of hydrogen-bond acceptors (Lipinski definition) is 3. The van der Waals surface area contributed by atoms with Gasteiger partial charge in [-0.05, 0) is 18.9 Å². The summed E-state index contributed by atoms with van der Waals surface area (Å²) in [7, 11) is 1.99. The summed E-state index contributed by atoms with van der Waals surface area (Å²) in [4.78, 5) is 4.04. The van der Waals surface area contributed by atoms with Gasteiger partial charge >= 0.3 is 0 Å². The number of aryl methyl sites for hydroxylation is 1. The number of rotatable bonds is 4. The molecule has 14 heavy (non-hydrogen) atoms. The topological polar surface area (TPSA) is 39.1 Å². The maximum Gasteiger partial charge on any atom is 0.0946 e. The molecule has 0 aromatic carbocycles. The molecule has 0 aliphatic carbocycles. The molecule has 4 heteroatoms. The van der Waals surface area contributed by atoms with Crippen molar-refractivity contribution in [1.29, 1.82) is 0 Å². The van der Waals surface area contributed by atoms with Crippen molar-refractivity contribution in [2.75, 3.05) is 19.7 Å². The highest BCUT2D eigenvalue weighted by Gasteiger charge is 2.14. The zero-order chi connectivity index (χ0) is 9.80. The van der Waals surface area contributed by atoms with Gasteiger partial charge in [0.15, 0.2) is 0 Å². The first-order valence-electron chi connectivity index (χ1n) is 5.10. The Balaban J connectivity index is 1.70. The third-order valence-electron chi connectivity index (χ3n) is 2.68. The first-order valence-corrected chi connectivity index (χ1v) is 5.10. The molecule has 1 aliphatic rings. The zero-order valence-corrected chi connectivity index (χ0v) is 8.57. The molecule has 0 radical (unpaired) electrons. The van der Waals surface area contributed by atoms with E-state index in [1.165, 1.54) is 6.42 Å². The number of aromatic nitrogens is 2. The maximum atomic E-state index is 5.64. The van der Waals surface area contributed by atoms with Crippen LogP contribution < -0.4 is 5.32 Å². The summed E-state index contributed by atoms with van der Waals surface area (Å²) in [6, 6.07) is 0. The van der Waals surface area contributed by atoms with E-state index in [4.69, 9.17) is 4.74 Å². The van der Waals surface area contributed by atoms with Gasteiger partial charge in [-0.3, -0.25) is 0 Å². The van der Waals surface area contributed by atoms with Crippen molar-refractivity contribution in [3.63, 3.8) is 0 Å². The van der Waals surface area contributed by atoms with Crippen LogP contribution in [0.5, 0.6) is 0 Å². The Labute approximate surface area is 84.3 Å². The minimum atomic E-state index is 0.674. The Morgan fingerprint density at radius 3 is 3.29 bits per heavy atom. The van der Waals surface area contributed by atoms with Crippen molar-refractivity contribution in [1.82, 2.24) is 14.9 Å². The lowest BCUT2D eigenvalue weighted by molar-refractivity contribution is 0.0887. The first kappa shape index (κ1) is 9.68. The van der Waals surface area contributed by atoms with Gasteiger partial charge in [0.2, 0.25) is 0 Å². The Hall–Kier alpha value is -0.870.